The number of ether oxygens (including phenoxy) is 2. The summed E-state index contributed by atoms with van der Waals surface area (Å²) >= 11 is 1.71. The first kappa shape index (κ1) is 21.8. The third-order valence-electron chi connectivity index (χ3n) is 5.40. The average Bonchev–Trinajstić information content (AvgIpc) is 3.37. The van der Waals surface area contributed by atoms with Crippen molar-refractivity contribution in [1.82, 2.24) is 5.32 Å². The SMILES string of the molecule is COc1ccc(C(NC(C)c2cccs2)c2cccc(Nc3c(OC)c(=O)c3=O)c2)cc1. The van der Waals surface area contributed by atoms with Gasteiger partial charge in [0.2, 0.25) is 0 Å². The lowest BCUT2D eigenvalue weighted by atomic mass is 9.97. The van der Waals surface area contributed by atoms with E-state index in [9.17, 15) is 9.59 Å². The summed E-state index contributed by atoms with van der Waals surface area (Å²) in [5.74, 6) is 0.859. The van der Waals surface area contributed by atoms with Gasteiger partial charge in [0, 0.05) is 16.6 Å². The standard InChI is InChI=1S/C25H24N2O4S/c1-15(20-8-5-13-32-20)26-21(16-9-11-19(30-2)12-10-16)17-6-4-7-18(14-17)27-22-23(28)24(29)25(22)31-3/h4-15,21,26-27H,1-3H3. The van der Waals surface area contributed by atoms with E-state index in [0.29, 0.717) is 5.69 Å². The number of hydrogen-bond acceptors (Lipinski definition) is 7. The van der Waals surface area contributed by atoms with Crippen LogP contribution in [-0.2, 0) is 0 Å². The Bertz CT molecular complexity index is 1260. The molecule has 1 aromatic heterocycles. The number of methoxy groups -OCH3 is 2. The largest absolute Gasteiger partial charge is 0.497 e. The molecule has 0 amide bonds. The number of nitrogens with one attached hydrogen (secondary N) is 2. The van der Waals surface area contributed by atoms with Crippen molar-refractivity contribution in [2.24, 2.45) is 0 Å². The minimum absolute atomic E-state index is 0.0663. The molecular formula is C25H24N2O4S. The van der Waals surface area contributed by atoms with Crippen LogP contribution in [0.1, 0.15) is 35.0 Å². The molecule has 2 N–H and O–H groups in total. The molecule has 0 aliphatic heterocycles. The van der Waals surface area contributed by atoms with E-state index in [1.165, 1.54) is 12.0 Å². The highest BCUT2D eigenvalue weighted by Crippen LogP contribution is 2.31. The van der Waals surface area contributed by atoms with Gasteiger partial charge in [-0.3, -0.25) is 14.9 Å². The Morgan fingerprint density at radius 3 is 2.31 bits per heavy atom. The van der Waals surface area contributed by atoms with Crippen molar-refractivity contribution >= 4 is 22.7 Å². The van der Waals surface area contributed by atoms with E-state index in [-0.39, 0.29) is 23.5 Å². The summed E-state index contributed by atoms with van der Waals surface area (Å²) < 4.78 is 10.4. The molecule has 164 valence electrons. The Morgan fingerprint density at radius 2 is 1.66 bits per heavy atom. The molecule has 0 radical (unpaired) electrons. The summed E-state index contributed by atoms with van der Waals surface area (Å²) in [6.45, 7) is 2.14. The molecule has 32 heavy (non-hydrogen) atoms. The van der Waals surface area contributed by atoms with Crippen LogP contribution in [0.5, 0.6) is 11.5 Å². The maximum absolute atomic E-state index is 11.9. The van der Waals surface area contributed by atoms with Gasteiger partial charge in [0.25, 0.3) is 10.9 Å². The number of rotatable bonds is 9. The summed E-state index contributed by atoms with van der Waals surface area (Å²) in [5, 5.41) is 8.83. The van der Waals surface area contributed by atoms with Crippen LogP contribution in [0.25, 0.3) is 0 Å². The summed E-state index contributed by atoms with van der Waals surface area (Å²) in [4.78, 5) is 24.8. The predicted molar refractivity (Wildman–Crippen MR) is 128 cm³/mol. The summed E-state index contributed by atoms with van der Waals surface area (Å²) in [5.41, 5.74) is 1.82. The topological polar surface area (TPSA) is 76.7 Å². The summed E-state index contributed by atoms with van der Waals surface area (Å²) in [6.07, 6.45) is 0. The molecular weight excluding hydrogens is 424 g/mol. The van der Waals surface area contributed by atoms with Crippen LogP contribution in [0.4, 0.5) is 11.4 Å². The number of thiophene rings is 1. The van der Waals surface area contributed by atoms with Crippen LogP contribution in [-0.4, -0.2) is 14.2 Å². The first-order valence-electron chi connectivity index (χ1n) is 10.2. The Balaban J connectivity index is 1.67. The Hall–Kier alpha value is -3.42. The second-order valence-corrected chi connectivity index (χ2v) is 8.41. The van der Waals surface area contributed by atoms with Gasteiger partial charge in [-0.25, -0.2) is 0 Å². The molecule has 0 aliphatic rings. The van der Waals surface area contributed by atoms with Crippen molar-refractivity contribution in [2.45, 2.75) is 19.0 Å². The van der Waals surface area contributed by atoms with Crippen LogP contribution in [0, 0.1) is 0 Å². The summed E-state index contributed by atoms with van der Waals surface area (Å²) in [7, 11) is 3.03. The molecule has 4 aromatic rings. The van der Waals surface area contributed by atoms with E-state index in [1.807, 2.05) is 54.6 Å². The van der Waals surface area contributed by atoms with Gasteiger partial charge in [0.05, 0.1) is 20.3 Å². The van der Waals surface area contributed by atoms with E-state index < -0.39 is 10.9 Å². The molecule has 7 heteroatoms. The highest BCUT2D eigenvalue weighted by Gasteiger charge is 2.23. The van der Waals surface area contributed by atoms with Crippen molar-refractivity contribution < 1.29 is 9.47 Å². The Morgan fingerprint density at radius 1 is 0.875 bits per heavy atom. The van der Waals surface area contributed by atoms with Gasteiger partial charge >= 0.3 is 0 Å². The van der Waals surface area contributed by atoms with Crippen LogP contribution in [0.3, 0.4) is 0 Å². The van der Waals surface area contributed by atoms with Crippen molar-refractivity contribution in [1.29, 1.82) is 0 Å². The zero-order valence-corrected chi connectivity index (χ0v) is 18.9. The molecule has 0 saturated heterocycles. The number of benzene rings is 2. The van der Waals surface area contributed by atoms with E-state index in [1.54, 1.807) is 18.4 Å². The van der Waals surface area contributed by atoms with Crippen molar-refractivity contribution in [3.63, 3.8) is 0 Å². The monoisotopic (exact) mass is 448 g/mol. The second-order valence-electron chi connectivity index (χ2n) is 7.43. The fourth-order valence-electron chi connectivity index (χ4n) is 3.67. The van der Waals surface area contributed by atoms with Crippen LogP contribution in [0.2, 0.25) is 0 Å². The lowest BCUT2D eigenvalue weighted by Crippen LogP contribution is -2.34. The third kappa shape index (κ3) is 4.30. The predicted octanol–water partition coefficient (Wildman–Crippen LogP) is 4.55. The molecule has 0 spiro atoms. The quantitative estimate of drug-likeness (QED) is 0.366. The van der Waals surface area contributed by atoms with Gasteiger partial charge in [0.1, 0.15) is 11.4 Å². The molecule has 3 aromatic carbocycles. The van der Waals surface area contributed by atoms with Crippen LogP contribution >= 0.6 is 11.3 Å². The van der Waals surface area contributed by atoms with Crippen LogP contribution < -0.4 is 31.0 Å². The van der Waals surface area contributed by atoms with Gasteiger partial charge < -0.3 is 14.8 Å². The molecule has 6 nitrogen and oxygen atoms in total. The highest BCUT2D eigenvalue weighted by atomic mass is 32.1. The minimum Gasteiger partial charge on any atom is -0.497 e. The first-order chi connectivity index (χ1) is 15.5. The van der Waals surface area contributed by atoms with E-state index in [4.69, 9.17) is 9.47 Å². The molecule has 0 aliphatic carbocycles. The maximum Gasteiger partial charge on any atom is 0.272 e. The van der Waals surface area contributed by atoms with Crippen molar-refractivity contribution in [2.75, 3.05) is 19.5 Å². The third-order valence-corrected chi connectivity index (χ3v) is 6.45. The maximum atomic E-state index is 11.9. The smallest absolute Gasteiger partial charge is 0.272 e. The van der Waals surface area contributed by atoms with Gasteiger partial charge in [-0.05, 0) is 53.8 Å². The molecule has 0 saturated carbocycles. The van der Waals surface area contributed by atoms with Crippen LogP contribution in [0.15, 0.2) is 75.6 Å². The fourth-order valence-corrected chi connectivity index (χ4v) is 4.41. The zero-order valence-electron chi connectivity index (χ0n) is 18.0. The fraction of sp³-hybridized carbons (Fsp3) is 0.200. The highest BCUT2D eigenvalue weighted by molar-refractivity contribution is 7.10. The molecule has 2 atom stereocenters. The van der Waals surface area contributed by atoms with E-state index >= 15 is 0 Å². The van der Waals surface area contributed by atoms with Gasteiger partial charge in [0.15, 0.2) is 5.75 Å². The lowest BCUT2D eigenvalue weighted by Gasteiger charge is -2.25. The Labute approximate surface area is 190 Å². The number of anilines is 2. The molecule has 1 heterocycles. The number of hydrogen-bond donors (Lipinski definition) is 2. The van der Waals surface area contributed by atoms with E-state index in [2.05, 4.69) is 29.0 Å². The van der Waals surface area contributed by atoms with Crippen molar-refractivity contribution in [3.8, 4) is 11.5 Å². The minimum atomic E-state index is -0.603. The summed E-state index contributed by atoms with van der Waals surface area (Å²) in [6, 6.07) is 19.9. The normalized spacial score (nSPS) is 13.0. The van der Waals surface area contributed by atoms with Gasteiger partial charge in [-0.1, -0.05) is 30.3 Å². The van der Waals surface area contributed by atoms with Crippen molar-refractivity contribution in [3.05, 3.63) is 102 Å². The van der Waals surface area contributed by atoms with E-state index in [0.717, 1.165) is 16.9 Å². The second kappa shape index (κ2) is 9.38. The van der Waals surface area contributed by atoms with Gasteiger partial charge in [-0.15, -0.1) is 11.3 Å². The average molecular weight is 449 g/mol. The van der Waals surface area contributed by atoms with Gasteiger partial charge in [-0.2, -0.15) is 0 Å². The molecule has 0 fully saturated rings. The zero-order chi connectivity index (χ0) is 22.7. The first-order valence-corrected chi connectivity index (χ1v) is 11.1. The Kier molecular flexibility index (Phi) is 6.39. The molecule has 2 unspecified atom stereocenters. The lowest BCUT2D eigenvalue weighted by molar-refractivity contribution is 0.408. The molecule has 0 bridgehead atoms. The molecule has 4 rings (SSSR count).